The van der Waals surface area contributed by atoms with Crippen LogP contribution in [0.25, 0.3) is 10.9 Å². The molecule has 2 heterocycles. The number of aryl methyl sites for hydroxylation is 1. The van der Waals surface area contributed by atoms with E-state index < -0.39 is 0 Å². The first kappa shape index (κ1) is 13.6. The van der Waals surface area contributed by atoms with Crippen molar-refractivity contribution >= 4 is 10.9 Å². The second-order valence-electron chi connectivity index (χ2n) is 6.10. The largest absolute Gasteiger partial charge is 0.358 e. The summed E-state index contributed by atoms with van der Waals surface area (Å²) in [6, 6.07) is 4.97. The van der Waals surface area contributed by atoms with Gasteiger partial charge in [0.05, 0.1) is 0 Å². The topological polar surface area (TPSA) is 45.1 Å². The highest BCUT2D eigenvalue weighted by atomic mass is 19.1. The summed E-state index contributed by atoms with van der Waals surface area (Å²) in [5.74, 6) is -0.183. The zero-order valence-corrected chi connectivity index (χ0v) is 12.2. The third-order valence-electron chi connectivity index (χ3n) is 4.81. The lowest BCUT2D eigenvalue weighted by molar-refractivity contribution is 0.192. The maximum Gasteiger partial charge on any atom is 0.123 e. The highest BCUT2D eigenvalue weighted by Crippen LogP contribution is 2.40. The van der Waals surface area contributed by atoms with Gasteiger partial charge in [-0.25, -0.2) is 4.39 Å². The number of fused-ring (bicyclic) bond motifs is 1. The molecule has 0 amide bonds. The number of rotatable bonds is 2. The molecule has 1 aliphatic rings. The minimum atomic E-state index is -0.183. The summed E-state index contributed by atoms with van der Waals surface area (Å²) in [5, 5.41) is 0.998. The first-order valence-electron chi connectivity index (χ1n) is 7.23. The fourth-order valence-electron chi connectivity index (χ4n) is 3.58. The van der Waals surface area contributed by atoms with Crippen LogP contribution in [0.4, 0.5) is 4.39 Å². The van der Waals surface area contributed by atoms with Crippen molar-refractivity contribution in [1.29, 1.82) is 0 Å². The Morgan fingerprint density at radius 1 is 1.35 bits per heavy atom. The Hall–Kier alpha value is -1.39. The molecule has 2 aromatic rings. The quantitative estimate of drug-likeness (QED) is 0.884. The van der Waals surface area contributed by atoms with Crippen molar-refractivity contribution in [2.45, 2.75) is 25.2 Å². The van der Waals surface area contributed by atoms with E-state index in [0.717, 1.165) is 42.5 Å². The average molecular weight is 275 g/mol. The van der Waals surface area contributed by atoms with Gasteiger partial charge in [-0.3, -0.25) is 0 Å². The molecular formula is C16H22FN3. The van der Waals surface area contributed by atoms with Gasteiger partial charge in [0.2, 0.25) is 0 Å². The molecule has 1 fully saturated rings. The Kier molecular flexibility index (Phi) is 3.30. The van der Waals surface area contributed by atoms with Crippen molar-refractivity contribution < 1.29 is 4.39 Å². The van der Waals surface area contributed by atoms with E-state index in [-0.39, 0.29) is 11.2 Å². The van der Waals surface area contributed by atoms with Gasteiger partial charge in [0, 0.05) is 28.6 Å². The van der Waals surface area contributed by atoms with Crippen LogP contribution in [0.3, 0.4) is 0 Å². The minimum absolute atomic E-state index is 0.0252. The van der Waals surface area contributed by atoms with Gasteiger partial charge in [0.1, 0.15) is 5.82 Å². The monoisotopic (exact) mass is 275 g/mol. The molecule has 0 atom stereocenters. The van der Waals surface area contributed by atoms with E-state index in [1.54, 1.807) is 6.07 Å². The van der Waals surface area contributed by atoms with E-state index in [9.17, 15) is 4.39 Å². The number of benzene rings is 1. The molecule has 0 aliphatic carbocycles. The molecule has 1 aliphatic heterocycles. The van der Waals surface area contributed by atoms with Crippen LogP contribution >= 0.6 is 0 Å². The van der Waals surface area contributed by atoms with Crippen molar-refractivity contribution in [3.8, 4) is 0 Å². The average Bonchev–Trinajstić information content (AvgIpc) is 2.76. The smallest absolute Gasteiger partial charge is 0.123 e. The molecule has 0 bridgehead atoms. The van der Waals surface area contributed by atoms with Crippen molar-refractivity contribution in [2.75, 3.05) is 26.7 Å². The molecule has 1 aromatic carbocycles. The van der Waals surface area contributed by atoms with Crippen LogP contribution in [-0.2, 0) is 5.41 Å². The third kappa shape index (κ3) is 2.03. The Bertz CT molecular complexity index is 624. The number of hydrogen-bond donors (Lipinski definition) is 2. The molecule has 0 spiro atoms. The predicted molar refractivity (Wildman–Crippen MR) is 80.5 cm³/mol. The van der Waals surface area contributed by atoms with Gasteiger partial charge in [-0.1, -0.05) is 0 Å². The van der Waals surface area contributed by atoms with Crippen LogP contribution in [0.1, 0.15) is 24.1 Å². The maximum atomic E-state index is 13.6. The lowest BCUT2D eigenvalue weighted by atomic mass is 9.71. The molecule has 108 valence electrons. The first-order chi connectivity index (χ1) is 9.55. The highest BCUT2D eigenvalue weighted by molar-refractivity contribution is 5.86. The SMILES string of the molecule is Cc1[nH]c2ccc(F)cc2c1C1(CN)CCN(C)CC1. The number of H-pyrrole nitrogens is 1. The van der Waals surface area contributed by atoms with Gasteiger partial charge in [0.25, 0.3) is 0 Å². The first-order valence-corrected chi connectivity index (χ1v) is 7.23. The number of piperidine rings is 1. The zero-order valence-electron chi connectivity index (χ0n) is 12.2. The normalized spacial score (nSPS) is 19.6. The van der Waals surface area contributed by atoms with Crippen LogP contribution in [0.15, 0.2) is 18.2 Å². The van der Waals surface area contributed by atoms with Gasteiger partial charge in [-0.05, 0) is 63.7 Å². The summed E-state index contributed by atoms with van der Waals surface area (Å²) in [5.41, 5.74) is 9.48. The summed E-state index contributed by atoms with van der Waals surface area (Å²) in [4.78, 5) is 5.72. The van der Waals surface area contributed by atoms with Crippen LogP contribution < -0.4 is 5.73 Å². The number of nitrogens with one attached hydrogen (secondary N) is 1. The van der Waals surface area contributed by atoms with Crippen LogP contribution in [0, 0.1) is 12.7 Å². The van der Waals surface area contributed by atoms with Gasteiger partial charge in [0.15, 0.2) is 0 Å². The maximum absolute atomic E-state index is 13.6. The standard InChI is InChI=1S/C16H22FN3/c1-11-15(13-9-12(17)3-4-14(13)19-11)16(10-18)5-7-20(2)8-6-16/h3-4,9,19H,5-8,10,18H2,1-2H3. The molecule has 3 N–H and O–H groups in total. The van der Waals surface area contributed by atoms with E-state index >= 15 is 0 Å². The van der Waals surface area contributed by atoms with E-state index in [0.29, 0.717) is 6.54 Å². The number of hydrogen-bond acceptors (Lipinski definition) is 2. The van der Waals surface area contributed by atoms with Gasteiger partial charge >= 0.3 is 0 Å². The number of nitrogens with zero attached hydrogens (tertiary/aromatic N) is 1. The van der Waals surface area contributed by atoms with Crippen LogP contribution in [0.5, 0.6) is 0 Å². The van der Waals surface area contributed by atoms with Gasteiger partial charge in [-0.15, -0.1) is 0 Å². The molecule has 0 radical (unpaired) electrons. The van der Waals surface area contributed by atoms with E-state index in [1.165, 1.54) is 11.6 Å². The third-order valence-corrected chi connectivity index (χ3v) is 4.81. The fraction of sp³-hybridized carbons (Fsp3) is 0.500. The van der Waals surface area contributed by atoms with Gasteiger partial charge in [-0.2, -0.15) is 0 Å². The molecule has 4 heteroatoms. The molecular weight excluding hydrogens is 253 g/mol. The fourth-order valence-corrected chi connectivity index (χ4v) is 3.58. The van der Waals surface area contributed by atoms with Crippen molar-refractivity contribution in [1.82, 2.24) is 9.88 Å². The van der Waals surface area contributed by atoms with E-state index in [2.05, 4.69) is 23.9 Å². The summed E-state index contributed by atoms with van der Waals surface area (Å²) in [7, 11) is 2.14. The molecule has 3 nitrogen and oxygen atoms in total. The molecule has 3 rings (SSSR count). The minimum Gasteiger partial charge on any atom is -0.358 e. The van der Waals surface area contributed by atoms with Crippen molar-refractivity contribution in [3.63, 3.8) is 0 Å². The number of aromatic nitrogens is 1. The van der Waals surface area contributed by atoms with Crippen molar-refractivity contribution in [2.24, 2.45) is 5.73 Å². The number of halogens is 1. The Labute approximate surface area is 119 Å². The summed E-state index contributed by atoms with van der Waals surface area (Å²) >= 11 is 0. The van der Waals surface area contributed by atoms with E-state index in [4.69, 9.17) is 5.73 Å². The Morgan fingerprint density at radius 3 is 2.70 bits per heavy atom. The second kappa shape index (κ2) is 4.86. The molecule has 1 saturated heterocycles. The molecule has 0 saturated carbocycles. The second-order valence-corrected chi connectivity index (χ2v) is 6.10. The lowest BCUT2D eigenvalue weighted by Crippen LogP contribution is -2.45. The lowest BCUT2D eigenvalue weighted by Gasteiger charge is -2.40. The number of nitrogens with two attached hydrogens (primary N) is 1. The summed E-state index contributed by atoms with van der Waals surface area (Å²) in [6.07, 6.45) is 2.06. The molecule has 20 heavy (non-hydrogen) atoms. The Balaban J connectivity index is 2.16. The Morgan fingerprint density at radius 2 is 2.05 bits per heavy atom. The molecule has 1 aromatic heterocycles. The molecule has 0 unspecified atom stereocenters. The van der Waals surface area contributed by atoms with Crippen LogP contribution in [-0.4, -0.2) is 36.6 Å². The predicted octanol–water partition coefficient (Wildman–Crippen LogP) is 2.54. The van der Waals surface area contributed by atoms with Gasteiger partial charge < -0.3 is 15.6 Å². The zero-order chi connectivity index (χ0) is 14.3. The summed E-state index contributed by atoms with van der Waals surface area (Å²) < 4.78 is 13.6. The highest BCUT2D eigenvalue weighted by Gasteiger charge is 2.37. The van der Waals surface area contributed by atoms with Crippen LogP contribution in [0.2, 0.25) is 0 Å². The number of likely N-dealkylation sites (tertiary alicyclic amines) is 1. The van der Waals surface area contributed by atoms with Crippen molar-refractivity contribution in [3.05, 3.63) is 35.3 Å². The number of aromatic amines is 1. The summed E-state index contributed by atoms with van der Waals surface area (Å²) in [6.45, 7) is 4.77. The van der Waals surface area contributed by atoms with E-state index in [1.807, 2.05) is 6.07 Å².